The molecule has 8 nitrogen and oxygen atoms in total. The van der Waals surface area contributed by atoms with Crippen molar-refractivity contribution in [3.63, 3.8) is 0 Å². The van der Waals surface area contributed by atoms with Crippen LogP contribution in [0.15, 0.2) is 35.7 Å². The van der Waals surface area contributed by atoms with Gasteiger partial charge in [0, 0.05) is 36.4 Å². The number of amides is 1. The molecule has 4 rings (SSSR count). The fraction of sp³-hybridized carbons (Fsp3) is 0.250. The Balaban J connectivity index is 1.48. The van der Waals surface area contributed by atoms with Crippen LogP contribution < -0.4 is 20.9 Å². The van der Waals surface area contributed by atoms with Crippen molar-refractivity contribution in [1.29, 1.82) is 0 Å². The smallest absolute Gasteiger partial charge is 0.348 e. The maximum Gasteiger partial charge on any atom is 0.348 e. The summed E-state index contributed by atoms with van der Waals surface area (Å²) < 4.78 is 0. The predicted molar refractivity (Wildman–Crippen MR) is 121 cm³/mol. The Morgan fingerprint density at radius 1 is 1.20 bits per heavy atom. The number of carbonyl (C=O) groups is 2. The molecule has 0 atom stereocenters. The fourth-order valence-electron chi connectivity index (χ4n) is 3.26. The molecule has 3 heterocycles. The number of aryl methyl sites for hydroxylation is 1. The number of nitrogens with one attached hydrogen (secondary N) is 3. The van der Waals surface area contributed by atoms with E-state index >= 15 is 0 Å². The van der Waals surface area contributed by atoms with Crippen LogP contribution in [0.1, 0.15) is 25.0 Å². The molecule has 0 bridgehead atoms. The monoisotopic (exact) mass is 443 g/mol. The van der Waals surface area contributed by atoms with Crippen LogP contribution in [0, 0.1) is 6.92 Å². The highest BCUT2D eigenvalue weighted by atomic mass is 32.1. The van der Waals surface area contributed by atoms with Gasteiger partial charge in [-0.3, -0.25) is 4.79 Å². The lowest BCUT2D eigenvalue weighted by atomic mass is 10.2. The number of aromatic carboxylic acids is 1. The number of carboxylic acid groups (broad SMARTS) is 1. The Morgan fingerprint density at radius 3 is 2.73 bits per heavy atom. The summed E-state index contributed by atoms with van der Waals surface area (Å²) >= 11 is 2.45. The molecule has 1 aromatic carbocycles. The summed E-state index contributed by atoms with van der Waals surface area (Å²) in [5, 5.41) is 20.8. The molecule has 1 fully saturated rings. The normalized spacial score (nSPS) is 13.8. The first kappa shape index (κ1) is 20.3. The van der Waals surface area contributed by atoms with Crippen LogP contribution in [0.5, 0.6) is 0 Å². The molecular weight excluding hydrogens is 422 g/mol. The molecule has 1 saturated heterocycles. The van der Waals surface area contributed by atoms with Gasteiger partial charge in [-0.25, -0.2) is 9.78 Å². The molecular formula is C20H21N5O3S2. The minimum Gasteiger partial charge on any atom is -0.477 e. The van der Waals surface area contributed by atoms with Crippen LogP contribution in [0.25, 0.3) is 0 Å². The quantitative estimate of drug-likeness (QED) is 0.461. The molecule has 30 heavy (non-hydrogen) atoms. The number of para-hydroxylation sites is 2. The van der Waals surface area contributed by atoms with Gasteiger partial charge in [-0.2, -0.15) is 0 Å². The number of carbonyl (C=O) groups excluding carboxylic acids is 1. The first-order valence-corrected chi connectivity index (χ1v) is 11.1. The summed E-state index contributed by atoms with van der Waals surface area (Å²) in [5.74, 6) is -1.29. The molecule has 0 aliphatic carbocycles. The Kier molecular flexibility index (Phi) is 5.98. The number of nitrogens with zero attached hydrogens (tertiary/aromatic N) is 2. The van der Waals surface area contributed by atoms with Gasteiger partial charge in [-0.05, 0) is 25.1 Å². The number of hydrogen-bond acceptors (Lipinski definition) is 8. The largest absolute Gasteiger partial charge is 0.477 e. The number of thiophene rings is 1. The van der Waals surface area contributed by atoms with Crippen LogP contribution in [-0.4, -0.2) is 48.1 Å². The van der Waals surface area contributed by atoms with Crippen molar-refractivity contribution in [2.24, 2.45) is 0 Å². The van der Waals surface area contributed by atoms with Gasteiger partial charge in [0.25, 0.3) is 5.91 Å². The third-order valence-electron chi connectivity index (χ3n) is 4.64. The van der Waals surface area contributed by atoms with Crippen LogP contribution in [0.2, 0.25) is 0 Å². The van der Waals surface area contributed by atoms with Crippen molar-refractivity contribution < 1.29 is 14.7 Å². The van der Waals surface area contributed by atoms with E-state index in [4.69, 9.17) is 0 Å². The molecule has 4 N–H and O–H groups in total. The standard InChI is InChI=1S/C20H21N5O3S2/c1-12-10-14(17(30-12)19(27)28)23-20-24-15(11-29-20)18(26)22-13-4-2-3-5-16(13)25-8-6-21-7-9-25/h2-5,10-11,21H,6-9H2,1H3,(H,22,26)(H,23,24)(H,27,28). The molecule has 156 valence electrons. The molecule has 0 saturated carbocycles. The van der Waals surface area contributed by atoms with E-state index in [-0.39, 0.29) is 16.5 Å². The van der Waals surface area contributed by atoms with Gasteiger partial charge in [-0.15, -0.1) is 22.7 Å². The number of piperazine rings is 1. The van der Waals surface area contributed by atoms with Crippen molar-refractivity contribution in [3.8, 4) is 0 Å². The van der Waals surface area contributed by atoms with E-state index in [1.165, 1.54) is 22.7 Å². The molecule has 1 aliphatic rings. The number of aromatic nitrogens is 1. The van der Waals surface area contributed by atoms with Crippen LogP contribution in [-0.2, 0) is 0 Å². The molecule has 0 unspecified atom stereocenters. The molecule has 2 aromatic heterocycles. The first-order chi connectivity index (χ1) is 14.5. The van der Waals surface area contributed by atoms with Crippen LogP contribution >= 0.6 is 22.7 Å². The highest BCUT2D eigenvalue weighted by Crippen LogP contribution is 2.31. The zero-order valence-corrected chi connectivity index (χ0v) is 17.9. The van der Waals surface area contributed by atoms with Gasteiger partial charge < -0.3 is 26.0 Å². The van der Waals surface area contributed by atoms with E-state index in [0.29, 0.717) is 10.8 Å². The number of anilines is 4. The van der Waals surface area contributed by atoms with Gasteiger partial charge in [0.2, 0.25) is 0 Å². The lowest BCUT2D eigenvalue weighted by Crippen LogP contribution is -2.43. The Hall–Kier alpha value is -2.95. The van der Waals surface area contributed by atoms with E-state index in [0.717, 1.165) is 42.4 Å². The lowest BCUT2D eigenvalue weighted by Gasteiger charge is -2.31. The van der Waals surface area contributed by atoms with Crippen molar-refractivity contribution in [2.75, 3.05) is 41.7 Å². The molecule has 10 heteroatoms. The van der Waals surface area contributed by atoms with E-state index in [9.17, 15) is 14.7 Å². The second kappa shape index (κ2) is 8.82. The number of thiazole rings is 1. The van der Waals surface area contributed by atoms with E-state index in [2.05, 4.69) is 25.8 Å². The van der Waals surface area contributed by atoms with Crippen LogP contribution in [0.3, 0.4) is 0 Å². The Labute approximate surface area is 181 Å². The minimum atomic E-state index is -0.991. The fourth-order valence-corrected chi connectivity index (χ4v) is 4.77. The number of rotatable bonds is 6. The lowest BCUT2D eigenvalue weighted by molar-refractivity contribution is 0.0703. The van der Waals surface area contributed by atoms with Gasteiger partial charge >= 0.3 is 5.97 Å². The van der Waals surface area contributed by atoms with Gasteiger partial charge in [0.15, 0.2) is 5.13 Å². The van der Waals surface area contributed by atoms with Crippen LogP contribution in [0.4, 0.5) is 22.2 Å². The van der Waals surface area contributed by atoms with Gasteiger partial charge in [0.05, 0.1) is 17.1 Å². The second-order valence-corrected chi connectivity index (χ2v) is 8.89. The predicted octanol–water partition coefficient (Wildman–Crippen LogP) is 3.62. The van der Waals surface area contributed by atoms with Crippen molar-refractivity contribution in [1.82, 2.24) is 10.3 Å². The SMILES string of the molecule is Cc1cc(Nc2nc(C(=O)Nc3ccccc3N3CCNCC3)cs2)c(C(=O)O)s1. The molecule has 1 amide bonds. The summed E-state index contributed by atoms with van der Waals surface area (Å²) in [6, 6.07) is 9.50. The highest BCUT2D eigenvalue weighted by molar-refractivity contribution is 7.15. The average Bonchev–Trinajstić information content (AvgIpc) is 3.36. The number of carboxylic acids is 1. The molecule has 3 aromatic rings. The number of benzene rings is 1. The maximum atomic E-state index is 12.8. The van der Waals surface area contributed by atoms with Crippen molar-refractivity contribution in [3.05, 3.63) is 51.2 Å². The summed E-state index contributed by atoms with van der Waals surface area (Å²) in [4.78, 5) is 31.8. The minimum absolute atomic E-state index is 0.221. The third kappa shape index (κ3) is 4.45. The van der Waals surface area contributed by atoms with Gasteiger partial charge in [-0.1, -0.05) is 12.1 Å². The summed E-state index contributed by atoms with van der Waals surface area (Å²) in [6.07, 6.45) is 0. The first-order valence-electron chi connectivity index (χ1n) is 9.43. The van der Waals surface area contributed by atoms with E-state index < -0.39 is 5.97 Å². The molecule has 1 aliphatic heterocycles. The molecule has 0 radical (unpaired) electrons. The van der Waals surface area contributed by atoms with E-state index in [1.807, 2.05) is 31.2 Å². The Bertz CT molecular complexity index is 1070. The Morgan fingerprint density at radius 2 is 1.97 bits per heavy atom. The van der Waals surface area contributed by atoms with E-state index in [1.54, 1.807) is 11.4 Å². The molecule has 0 spiro atoms. The average molecular weight is 444 g/mol. The summed E-state index contributed by atoms with van der Waals surface area (Å²) in [5.41, 5.74) is 2.49. The van der Waals surface area contributed by atoms with Gasteiger partial charge in [0.1, 0.15) is 10.6 Å². The second-order valence-electron chi connectivity index (χ2n) is 6.78. The van der Waals surface area contributed by atoms with Crippen molar-refractivity contribution in [2.45, 2.75) is 6.92 Å². The highest BCUT2D eigenvalue weighted by Gasteiger charge is 2.19. The summed E-state index contributed by atoms with van der Waals surface area (Å²) in [6.45, 7) is 5.42. The topological polar surface area (TPSA) is 107 Å². The maximum absolute atomic E-state index is 12.8. The van der Waals surface area contributed by atoms with Crippen molar-refractivity contribution >= 4 is 56.7 Å². The summed E-state index contributed by atoms with van der Waals surface area (Å²) in [7, 11) is 0. The third-order valence-corrected chi connectivity index (χ3v) is 6.43. The zero-order chi connectivity index (χ0) is 21.1. The zero-order valence-electron chi connectivity index (χ0n) is 16.3. The number of hydrogen-bond donors (Lipinski definition) is 4.